The zero-order chi connectivity index (χ0) is 23.6. The minimum absolute atomic E-state index is 0.100. The molecule has 1 N–H and O–H groups in total. The predicted octanol–water partition coefficient (Wildman–Crippen LogP) is 3.73. The quantitative estimate of drug-likeness (QED) is 0.449. The van der Waals surface area contributed by atoms with Crippen molar-refractivity contribution in [2.24, 2.45) is 0 Å². The lowest BCUT2D eigenvalue weighted by atomic mass is 10.2. The van der Waals surface area contributed by atoms with E-state index >= 15 is 0 Å². The summed E-state index contributed by atoms with van der Waals surface area (Å²) in [6.07, 6.45) is -2.22. The molecule has 2 heterocycles. The van der Waals surface area contributed by atoms with Gasteiger partial charge in [0.15, 0.2) is 5.69 Å². The number of alkyl halides is 3. The number of imidazole rings is 1. The number of aromatic nitrogens is 4. The van der Waals surface area contributed by atoms with Gasteiger partial charge in [0.05, 0.1) is 28.6 Å². The fourth-order valence-corrected chi connectivity index (χ4v) is 3.50. The van der Waals surface area contributed by atoms with Crippen molar-refractivity contribution in [3.63, 3.8) is 0 Å². The Kier molecular flexibility index (Phi) is 5.99. The molecule has 0 spiro atoms. The maximum atomic E-state index is 13.1. The van der Waals surface area contributed by atoms with Crippen LogP contribution in [0, 0.1) is 6.92 Å². The first kappa shape index (κ1) is 22.3. The molecule has 0 fully saturated rings. The van der Waals surface area contributed by atoms with Crippen molar-refractivity contribution in [1.29, 1.82) is 0 Å². The predicted molar refractivity (Wildman–Crippen MR) is 116 cm³/mol. The van der Waals surface area contributed by atoms with Crippen LogP contribution in [0.4, 0.5) is 13.2 Å². The van der Waals surface area contributed by atoms with Gasteiger partial charge in [-0.2, -0.15) is 18.3 Å². The van der Waals surface area contributed by atoms with Crippen LogP contribution in [-0.2, 0) is 12.7 Å². The summed E-state index contributed by atoms with van der Waals surface area (Å²) in [4.78, 5) is 29.2. The SMILES string of the molecule is Cc1cc(=O)c(C(=O)NCCCn2cnc3ccccc32)nn1-c1cccc(C(F)(F)F)c1. The zero-order valence-electron chi connectivity index (χ0n) is 17.6. The van der Waals surface area contributed by atoms with E-state index in [0.717, 1.165) is 27.8 Å². The Hall–Kier alpha value is -3.95. The third kappa shape index (κ3) is 4.79. The Morgan fingerprint density at radius 1 is 1.09 bits per heavy atom. The van der Waals surface area contributed by atoms with Crippen LogP contribution < -0.4 is 10.7 Å². The molecule has 1 amide bonds. The van der Waals surface area contributed by atoms with Gasteiger partial charge in [-0.3, -0.25) is 9.59 Å². The van der Waals surface area contributed by atoms with Crippen molar-refractivity contribution in [3.05, 3.63) is 88.1 Å². The Balaban J connectivity index is 1.47. The molecule has 4 aromatic rings. The molecule has 0 unspecified atom stereocenters. The standard InChI is InChI=1S/C23H20F3N5O2/c1-15-12-20(32)21(29-31(15)17-7-4-6-16(13-17)23(24,25)26)22(33)27-10-5-11-30-14-28-18-8-2-3-9-19(18)30/h2-4,6-9,12-14H,5,10-11H2,1H3,(H,27,33). The number of halogens is 3. The van der Waals surface area contributed by atoms with Crippen molar-refractivity contribution < 1.29 is 18.0 Å². The van der Waals surface area contributed by atoms with Gasteiger partial charge in [-0.1, -0.05) is 18.2 Å². The third-order valence-electron chi connectivity index (χ3n) is 5.13. The van der Waals surface area contributed by atoms with Crippen LogP contribution in [0.2, 0.25) is 0 Å². The molecular formula is C23H20F3N5O2. The summed E-state index contributed by atoms with van der Waals surface area (Å²) in [5.74, 6) is -0.684. The van der Waals surface area contributed by atoms with E-state index in [4.69, 9.17) is 0 Å². The Morgan fingerprint density at radius 2 is 1.88 bits per heavy atom. The number of aryl methyl sites for hydroxylation is 2. The van der Waals surface area contributed by atoms with Crippen molar-refractivity contribution >= 4 is 16.9 Å². The van der Waals surface area contributed by atoms with E-state index in [9.17, 15) is 22.8 Å². The van der Waals surface area contributed by atoms with Crippen LogP contribution in [0.25, 0.3) is 16.7 Å². The summed E-state index contributed by atoms with van der Waals surface area (Å²) in [6.45, 7) is 2.42. The van der Waals surface area contributed by atoms with Crippen molar-refractivity contribution in [2.45, 2.75) is 26.1 Å². The third-order valence-corrected chi connectivity index (χ3v) is 5.13. The molecule has 0 radical (unpaired) electrons. The molecule has 0 bridgehead atoms. The Morgan fingerprint density at radius 3 is 2.67 bits per heavy atom. The Labute approximate surface area is 186 Å². The number of amides is 1. The van der Waals surface area contributed by atoms with Gasteiger partial charge in [0.25, 0.3) is 5.91 Å². The van der Waals surface area contributed by atoms with Gasteiger partial charge in [-0.25, -0.2) is 9.67 Å². The minimum Gasteiger partial charge on any atom is -0.350 e. The van der Waals surface area contributed by atoms with Crippen LogP contribution in [0.3, 0.4) is 0 Å². The second-order valence-corrected chi connectivity index (χ2v) is 7.49. The van der Waals surface area contributed by atoms with Crippen LogP contribution in [-0.4, -0.2) is 31.8 Å². The molecule has 0 saturated heterocycles. The second kappa shape index (κ2) is 8.89. The highest BCUT2D eigenvalue weighted by atomic mass is 19.4. The zero-order valence-corrected chi connectivity index (χ0v) is 17.6. The summed E-state index contributed by atoms with van der Waals surface area (Å²) in [5.41, 5.74) is 0.428. The number of nitrogens with one attached hydrogen (secondary N) is 1. The van der Waals surface area contributed by atoms with E-state index < -0.39 is 23.1 Å². The van der Waals surface area contributed by atoms with E-state index in [1.807, 2.05) is 28.8 Å². The number of hydrogen-bond donors (Lipinski definition) is 1. The lowest BCUT2D eigenvalue weighted by Gasteiger charge is -2.13. The number of hydrogen-bond acceptors (Lipinski definition) is 4. The monoisotopic (exact) mass is 455 g/mol. The fraction of sp³-hybridized carbons (Fsp3) is 0.217. The van der Waals surface area contributed by atoms with Crippen molar-refractivity contribution in [2.75, 3.05) is 6.54 Å². The molecule has 0 aliphatic heterocycles. The summed E-state index contributed by atoms with van der Waals surface area (Å²) < 4.78 is 42.3. The number of rotatable bonds is 6. The van der Waals surface area contributed by atoms with Crippen molar-refractivity contribution in [1.82, 2.24) is 24.6 Å². The molecule has 2 aromatic carbocycles. The molecule has 170 valence electrons. The van der Waals surface area contributed by atoms with Crippen LogP contribution >= 0.6 is 0 Å². The minimum atomic E-state index is -4.52. The molecular weight excluding hydrogens is 435 g/mol. The van der Waals surface area contributed by atoms with E-state index in [0.29, 0.717) is 18.7 Å². The maximum absolute atomic E-state index is 13.1. The molecule has 33 heavy (non-hydrogen) atoms. The van der Waals surface area contributed by atoms with Crippen LogP contribution in [0.5, 0.6) is 0 Å². The molecule has 10 heteroatoms. The molecule has 0 aliphatic rings. The summed E-state index contributed by atoms with van der Waals surface area (Å²) in [5, 5.41) is 6.70. The first-order valence-electron chi connectivity index (χ1n) is 10.2. The number of carbonyl (C=O) groups excluding carboxylic acids is 1. The highest BCUT2D eigenvalue weighted by molar-refractivity contribution is 5.92. The van der Waals surface area contributed by atoms with Crippen LogP contribution in [0.15, 0.2) is 65.7 Å². The number of carbonyl (C=O) groups is 1. The van der Waals surface area contributed by atoms with Gasteiger partial charge >= 0.3 is 6.18 Å². The number of para-hydroxylation sites is 2. The average molecular weight is 455 g/mol. The highest BCUT2D eigenvalue weighted by Crippen LogP contribution is 2.30. The number of nitrogens with zero attached hydrogens (tertiary/aromatic N) is 4. The Bertz CT molecular complexity index is 1370. The van der Waals surface area contributed by atoms with Gasteiger partial charge in [0, 0.05) is 24.8 Å². The van der Waals surface area contributed by atoms with Gasteiger partial charge in [0.1, 0.15) is 0 Å². The van der Waals surface area contributed by atoms with Gasteiger partial charge in [-0.15, -0.1) is 0 Å². The molecule has 2 aromatic heterocycles. The highest BCUT2D eigenvalue weighted by Gasteiger charge is 2.30. The van der Waals surface area contributed by atoms with Crippen LogP contribution in [0.1, 0.15) is 28.2 Å². The van der Waals surface area contributed by atoms with Crippen molar-refractivity contribution in [3.8, 4) is 5.69 Å². The van der Waals surface area contributed by atoms with Gasteiger partial charge in [0.2, 0.25) is 5.43 Å². The summed E-state index contributed by atoms with van der Waals surface area (Å²) in [7, 11) is 0. The topological polar surface area (TPSA) is 81.8 Å². The summed E-state index contributed by atoms with van der Waals surface area (Å²) >= 11 is 0. The molecule has 0 saturated carbocycles. The first-order valence-corrected chi connectivity index (χ1v) is 10.2. The number of benzene rings is 2. The molecule has 7 nitrogen and oxygen atoms in total. The summed E-state index contributed by atoms with van der Waals surface area (Å²) in [6, 6.07) is 13.4. The second-order valence-electron chi connectivity index (χ2n) is 7.49. The van der Waals surface area contributed by atoms with E-state index in [-0.39, 0.29) is 17.9 Å². The van der Waals surface area contributed by atoms with E-state index in [1.54, 1.807) is 6.33 Å². The molecule has 4 rings (SSSR count). The average Bonchev–Trinajstić information content (AvgIpc) is 3.19. The fourth-order valence-electron chi connectivity index (χ4n) is 3.50. The maximum Gasteiger partial charge on any atom is 0.416 e. The van der Waals surface area contributed by atoms with Gasteiger partial charge < -0.3 is 9.88 Å². The molecule has 0 aliphatic carbocycles. The first-order chi connectivity index (χ1) is 15.7. The molecule has 0 atom stereocenters. The normalized spacial score (nSPS) is 11.6. The van der Waals surface area contributed by atoms with E-state index in [2.05, 4.69) is 15.4 Å². The lowest BCUT2D eigenvalue weighted by Crippen LogP contribution is -2.32. The van der Waals surface area contributed by atoms with Gasteiger partial charge in [-0.05, 0) is 43.7 Å². The largest absolute Gasteiger partial charge is 0.416 e. The smallest absolute Gasteiger partial charge is 0.350 e. The number of fused-ring (bicyclic) bond motifs is 1. The van der Waals surface area contributed by atoms with E-state index in [1.165, 1.54) is 25.1 Å². The lowest BCUT2D eigenvalue weighted by molar-refractivity contribution is -0.137.